The lowest BCUT2D eigenvalue weighted by Gasteiger charge is -2.41. The van der Waals surface area contributed by atoms with Crippen LogP contribution in [0, 0.1) is 5.41 Å². The summed E-state index contributed by atoms with van der Waals surface area (Å²) in [5.41, 5.74) is -0.367. The highest BCUT2D eigenvalue weighted by molar-refractivity contribution is 7.91. The maximum absolute atomic E-state index is 12.6. The van der Waals surface area contributed by atoms with Gasteiger partial charge in [0.15, 0.2) is 9.84 Å². The molecule has 104 valence electrons. The zero-order valence-corrected chi connectivity index (χ0v) is 11.9. The lowest BCUT2D eigenvalue weighted by atomic mass is 9.81. The van der Waals surface area contributed by atoms with Gasteiger partial charge in [-0.05, 0) is 33.2 Å². The highest BCUT2D eigenvalue weighted by atomic mass is 32.2. The zero-order chi connectivity index (χ0) is 13.4. The molecular formula is C12H22N2O3S. The van der Waals surface area contributed by atoms with Gasteiger partial charge in [0.05, 0.1) is 16.9 Å². The molecule has 2 rings (SSSR count). The number of sulfone groups is 1. The molecule has 0 aliphatic carbocycles. The number of nitrogens with zero attached hydrogens (tertiary/aromatic N) is 1. The summed E-state index contributed by atoms with van der Waals surface area (Å²) in [5, 5.41) is 3.26. The Morgan fingerprint density at radius 1 is 1.44 bits per heavy atom. The van der Waals surface area contributed by atoms with E-state index >= 15 is 0 Å². The van der Waals surface area contributed by atoms with E-state index in [1.54, 1.807) is 4.90 Å². The van der Waals surface area contributed by atoms with E-state index < -0.39 is 9.84 Å². The van der Waals surface area contributed by atoms with Gasteiger partial charge in [0.2, 0.25) is 5.91 Å². The van der Waals surface area contributed by atoms with Gasteiger partial charge in [0, 0.05) is 19.1 Å². The van der Waals surface area contributed by atoms with E-state index in [1.165, 1.54) is 0 Å². The summed E-state index contributed by atoms with van der Waals surface area (Å²) in [6.07, 6.45) is 1.89. The van der Waals surface area contributed by atoms with Crippen molar-refractivity contribution in [3.63, 3.8) is 0 Å². The Kier molecular flexibility index (Phi) is 3.69. The van der Waals surface area contributed by atoms with E-state index in [-0.39, 0.29) is 28.9 Å². The number of hydrogen-bond donors (Lipinski definition) is 1. The summed E-state index contributed by atoms with van der Waals surface area (Å²) < 4.78 is 23.1. The van der Waals surface area contributed by atoms with Crippen molar-refractivity contribution >= 4 is 15.7 Å². The van der Waals surface area contributed by atoms with Gasteiger partial charge >= 0.3 is 0 Å². The van der Waals surface area contributed by atoms with Crippen LogP contribution in [0.3, 0.4) is 0 Å². The molecule has 2 atom stereocenters. The SMILES string of the molecule is CC1CS(=O)(=O)CCN1C(=O)C1(C)CCCNC1. The predicted molar refractivity (Wildman–Crippen MR) is 70.0 cm³/mol. The van der Waals surface area contributed by atoms with Crippen LogP contribution in [0.2, 0.25) is 0 Å². The molecule has 2 aliphatic rings. The number of carbonyl (C=O) groups is 1. The third kappa shape index (κ3) is 2.69. The van der Waals surface area contributed by atoms with Crippen LogP contribution in [-0.2, 0) is 14.6 Å². The molecule has 1 N–H and O–H groups in total. The topological polar surface area (TPSA) is 66.5 Å². The van der Waals surface area contributed by atoms with E-state index in [0.717, 1.165) is 19.4 Å². The second-order valence-electron chi connectivity index (χ2n) is 5.80. The van der Waals surface area contributed by atoms with Crippen molar-refractivity contribution in [3.8, 4) is 0 Å². The summed E-state index contributed by atoms with van der Waals surface area (Å²) in [6.45, 7) is 5.82. The molecule has 2 fully saturated rings. The van der Waals surface area contributed by atoms with Gasteiger partial charge in [0.25, 0.3) is 0 Å². The molecule has 0 aromatic heterocycles. The molecule has 18 heavy (non-hydrogen) atoms. The molecule has 2 heterocycles. The van der Waals surface area contributed by atoms with E-state index in [9.17, 15) is 13.2 Å². The maximum atomic E-state index is 12.6. The fourth-order valence-corrected chi connectivity index (χ4v) is 4.44. The lowest BCUT2D eigenvalue weighted by molar-refractivity contribution is -0.143. The van der Waals surface area contributed by atoms with Crippen molar-refractivity contribution in [1.82, 2.24) is 10.2 Å². The monoisotopic (exact) mass is 274 g/mol. The fraction of sp³-hybridized carbons (Fsp3) is 0.917. The average molecular weight is 274 g/mol. The highest BCUT2D eigenvalue weighted by Crippen LogP contribution is 2.29. The largest absolute Gasteiger partial charge is 0.337 e. The van der Waals surface area contributed by atoms with Crippen molar-refractivity contribution in [1.29, 1.82) is 0 Å². The number of amides is 1. The Morgan fingerprint density at radius 3 is 2.72 bits per heavy atom. The number of nitrogens with one attached hydrogen (secondary N) is 1. The van der Waals surface area contributed by atoms with Gasteiger partial charge in [-0.15, -0.1) is 0 Å². The van der Waals surface area contributed by atoms with Crippen molar-refractivity contribution in [2.24, 2.45) is 5.41 Å². The summed E-state index contributed by atoms with van der Waals surface area (Å²) in [5.74, 6) is 0.312. The molecule has 6 heteroatoms. The van der Waals surface area contributed by atoms with Crippen molar-refractivity contribution in [3.05, 3.63) is 0 Å². The summed E-state index contributed by atoms with van der Waals surface area (Å²) in [4.78, 5) is 14.3. The summed E-state index contributed by atoms with van der Waals surface area (Å²) in [6, 6.07) is -0.199. The molecule has 5 nitrogen and oxygen atoms in total. The van der Waals surface area contributed by atoms with Crippen LogP contribution in [0.25, 0.3) is 0 Å². The maximum Gasteiger partial charge on any atom is 0.230 e. The van der Waals surface area contributed by atoms with Gasteiger partial charge in [-0.1, -0.05) is 0 Å². The Labute approximate surface area is 109 Å². The molecule has 0 aromatic rings. The number of hydrogen-bond acceptors (Lipinski definition) is 4. The quantitative estimate of drug-likeness (QED) is 0.732. The molecule has 0 saturated carbocycles. The molecule has 2 unspecified atom stereocenters. The molecule has 0 radical (unpaired) electrons. The van der Waals surface area contributed by atoms with E-state index in [4.69, 9.17) is 0 Å². The standard InChI is InChI=1S/C12H22N2O3S/c1-10-8-18(16,17)7-6-14(10)11(15)12(2)4-3-5-13-9-12/h10,13H,3-9H2,1-2H3. The second-order valence-corrected chi connectivity index (χ2v) is 8.03. The van der Waals surface area contributed by atoms with Crippen LogP contribution in [0.5, 0.6) is 0 Å². The number of piperidine rings is 1. The van der Waals surface area contributed by atoms with Gasteiger partial charge in [-0.2, -0.15) is 0 Å². The van der Waals surface area contributed by atoms with Crippen molar-refractivity contribution < 1.29 is 13.2 Å². The van der Waals surface area contributed by atoms with E-state index in [0.29, 0.717) is 13.1 Å². The van der Waals surface area contributed by atoms with E-state index in [2.05, 4.69) is 5.32 Å². The highest BCUT2D eigenvalue weighted by Gasteiger charge is 2.41. The average Bonchev–Trinajstić information content (AvgIpc) is 2.28. The van der Waals surface area contributed by atoms with Crippen LogP contribution in [-0.4, -0.2) is 56.4 Å². The Balaban J connectivity index is 2.09. The molecule has 2 aliphatic heterocycles. The van der Waals surface area contributed by atoms with Gasteiger partial charge in [-0.3, -0.25) is 4.79 Å². The first-order valence-electron chi connectivity index (χ1n) is 6.56. The van der Waals surface area contributed by atoms with Crippen LogP contribution < -0.4 is 5.32 Å². The summed E-state index contributed by atoms with van der Waals surface area (Å²) in [7, 11) is -2.96. The third-order valence-electron chi connectivity index (χ3n) is 4.04. The van der Waals surface area contributed by atoms with Gasteiger partial charge in [-0.25, -0.2) is 8.42 Å². The molecule has 0 bridgehead atoms. The lowest BCUT2D eigenvalue weighted by Crippen LogP contribution is -2.57. The molecule has 0 aromatic carbocycles. The minimum absolute atomic E-state index is 0.0995. The van der Waals surface area contributed by atoms with Crippen molar-refractivity contribution in [2.45, 2.75) is 32.7 Å². The van der Waals surface area contributed by atoms with E-state index in [1.807, 2.05) is 13.8 Å². The normalized spacial score (nSPS) is 36.3. The fourth-order valence-electron chi connectivity index (χ4n) is 2.89. The molecule has 2 saturated heterocycles. The van der Waals surface area contributed by atoms with Gasteiger partial charge < -0.3 is 10.2 Å². The van der Waals surface area contributed by atoms with Crippen LogP contribution in [0.4, 0.5) is 0 Å². The Hall–Kier alpha value is -0.620. The van der Waals surface area contributed by atoms with Gasteiger partial charge in [0.1, 0.15) is 0 Å². The zero-order valence-electron chi connectivity index (χ0n) is 11.1. The minimum Gasteiger partial charge on any atom is -0.337 e. The first-order valence-corrected chi connectivity index (χ1v) is 8.38. The first kappa shape index (κ1) is 13.8. The Morgan fingerprint density at radius 2 is 2.17 bits per heavy atom. The predicted octanol–water partition coefficient (Wildman–Crippen LogP) is 0.0216. The third-order valence-corrected chi connectivity index (χ3v) is 5.84. The van der Waals surface area contributed by atoms with Crippen LogP contribution in [0.15, 0.2) is 0 Å². The van der Waals surface area contributed by atoms with Crippen LogP contribution >= 0.6 is 0 Å². The number of carbonyl (C=O) groups excluding carboxylic acids is 1. The van der Waals surface area contributed by atoms with Crippen LogP contribution in [0.1, 0.15) is 26.7 Å². The van der Waals surface area contributed by atoms with Crippen molar-refractivity contribution in [2.75, 3.05) is 31.1 Å². The first-order chi connectivity index (χ1) is 8.34. The Bertz CT molecular complexity index is 427. The second kappa shape index (κ2) is 4.81. The molecular weight excluding hydrogens is 252 g/mol. The number of rotatable bonds is 1. The molecule has 0 spiro atoms. The smallest absolute Gasteiger partial charge is 0.230 e. The minimum atomic E-state index is -2.96. The molecule has 1 amide bonds. The summed E-state index contributed by atoms with van der Waals surface area (Å²) >= 11 is 0.